The van der Waals surface area contributed by atoms with Crippen molar-refractivity contribution in [2.45, 2.75) is 17.1 Å². The third-order valence-electron chi connectivity index (χ3n) is 3.45. The number of amides is 1. The molecule has 0 saturated carbocycles. The topological polar surface area (TPSA) is 55.1 Å². The maximum absolute atomic E-state index is 12.7. The van der Waals surface area contributed by atoms with E-state index in [4.69, 9.17) is 17.3 Å². The highest BCUT2D eigenvalue weighted by molar-refractivity contribution is 8.00. The van der Waals surface area contributed by atoms with Crippen LogP contribution in [0.4, 0.5) is 0 Å². The van der Waals surface area contributed by atoms with Gasteiger partial charge in [0.25, 0.3) is 0 Å². The molecule has 3 N–H and O–H groups in total. The van der Waals surface area contributed by atoms with Gasteiger partial charge >= 0.3 is 0 Å². The van der Waals surface area contributed by atoms with Crippen molar-refractivity contribution in [3.63, 3.8) is 0 Å². The summed E-state index contributed by atoms with van der Waals surface area (Å²) in [6, 6.07) is 17.3. The molecule has 0 saturated heterocycles. The monoisotopic (exact) mass is 384 g/mol. The Morgan fingerprint density at radius 3 is 2.42 bits per heavy atom. The van der Waals surface area contributed by atoms with E-state index >= 15 is 0 Å². The lowest BCUT2D eigenvalue weighted by atomic mass is 10.1. The molecule has 130 valence electrons. The van der Waals surface area contributed by atoms with Crippen LogP contribution in [0.25, 0.3) is 0 Å². The summed E-state index contributed by atoms with van der Waals surface area (Å²) in [5.41, 5.74) is 6.57. The zero-order valence-electron chi connectivity index (χ0n) is 13.4. The van der Waals surface area contributed by atoms with E-state index in [9.17, 15) is 4.79 Å². The normalized spacial score (nSPS) is 12.8. The molecule has 0 heterocycles. The number of thioether (sulfide) groups is 1. The van der Waals surface area contributed by atoms with E-state index in [-0.39, 0.29) is 29.5 Å². The average Bonchev–Trinajstić information content (AvgIpc) is 2.59. The number of nitrogens with two attached hydrogens (primary N) is 1. The van der Waals surface area contributed by atoms with Gasteiger partial charge in [-0.15, -0.1) is 24.2 Å². The first-order valence-electron chi connectivity index (χ1n) is 7.55. The third kappa shape index (κ3) is 6.02. The third-order valence-corrected chi connectivity index (χ3v) is 5.22. The molecule has 0 aliphatic rings. The second kappa shape index (κ2) is 10.6. The number of nitrogens with one attached hydrogen (secondary N) is 1. The van der Waals surface area contributed by atoms with Gasteiger partial charge in [-0.3, -0.25) is 4.79 Å². The van der Waals surface area contributed by atoms with Crippen molar-refractivity contribution in [2.75, 3.05) is 13.1 Å². The lowest BCUT2D eigenvalue weighted by Crippen LogP contribution is -2.33. The molecule has 2 aromatic carbocycles. The van der Waals surface area contributed by atoms with Crippen molar-refractivity contribution in [3.05, 3.63) is 65.2 Å². The van der Waals surface area contributed by atoms with E-state index in [1.54, 1.807) is 0 Å². The summed E-state index contributed by atoms with van der Waals surface area (Å²) in [5.74, 6) is 0.224. The number of hydrogen-bond acceptors (Lipinski definition) is 3. The Balaban J connectivity index is 0.00000288. The SMILES string of the molecule is CC(CN)CNC(=O)C(Sc1ccccc1Cl)c1ccccc1.Cl. The molecule has 2 aromatic rings. The van der Waals surface area contributed by atoms with Gasteiger partial charge < -0.3 is 11.1 Å². The molecule has 0 aromatic heterocycles. The van der Waals surface area contributed by atoms with Gasteiger partial charge in [-0.25, -0.2) is 0 Å². The molecule has 2 atom stereocenters. The summed E-state index contributed by atoms with van der Waals surface area (Å²) in [6.45, 7) is 3.13. The fraction of sp³-hybridized carbons (Fsp3) is 0.278. The Kier molecular flexibility index (Phi) is 9.22. The molecule has 0 aliphatic heterocycles. The van der Waals surface area contributed by atoms with Gasteiger partial charge in [0.05, 0.1) is 5.02 Å². The average molecular weight is 385 g/mol. The maximum atomic E-state index is 12.7. The Bertz CT molecular complexity index is 640. The number of carbonyl (C=O) groups is 1. The molecule has 0 aliphatic carbocycles. The van der Waals surface area contributed by atoms with Crippen LogP contribution in [0.5, 0.6) is 0 Å². The Hall–Kier alpha value is -1.20. The van der Waals surface area contributed by atoms with Crippen molar-refractivity contribution in [3.8, 4) is 0 Å². The lowest BCUT2D eigenvalue weighted by Gasteiger charge is -2.19. The first-order valence-corrected chi connectivity index (χ1v) is 8.81. The van der Waals surface area contributed by atoms with Gasteiger partial charge in [-0.1, -0.05) is 61.0 Å². The molecule has 1 amide bonds. The summed E-state index contributed by atoms with van der Waals surface area (Å²) in [7, 11) is 0. The molecule has 0 radical (unpaired) electrons. The Morgan fingerprint density at radius 2 is 1.79 bits per heavy atom. The fourth-order valence-electron chi connectivity index (χ4n) is 2.02. The predicted molar refractivity (Wildman–Crippen MR) is 105 cm³/mol. The molecular weight excluding hydrogens is 363 g/mol. The number of hydrogen-bond donors (Lipinski definition) is 2. The van der Waals surface area contributed by atoms with Crippen LogP contribution in [0, 0.1) is 5.92 Å². The highest BCUT2D eigenvalue weighted by Gasteiger charge is 2.23. The van der Waals surface area contributed by atoms with Gasteiger partial charge in [0.1, 0.15) is 5.25 Å². The summed E-state index contributed by atoms with van der Waals surface area (Å²) in [5, 5.41) is 3.30. The van der Waals surface area contributed by atoms with Crippen molar-refractivity contribution in [1.82, 2.24) is 5.32 Å². The molecule has 2 rings (SSSR count). The Labute approximate surface area is 158 Å². The first-order chi connectivity index (χ1) is 11.1. The molecular formula is C18H22Cl2N2OS. The van der Waals surface area contributed by atoms with Crippen molar-refractivity contribution < 1.29 is 4.79 Å². The Morgan fingerprint density at radius 1 is 1.17 bits per heavy atom. The van der Waals surface area contributed by atoms with E-state index in [0.717, 1.165) is 10.5 Å². The first kappa shape index (κ1) is 20.8. The number of carbonyl (C=O) groups excluding carboxylic acids is 1. The number of halogens is 2. The van der Waals surface area contributed by atoms with Gasteiger partial charge in [-0.2, -0.15) is 0 Å². The highest BCUT2D eigenvalue weighted by atomic mass is 35.5. The minimum absolute atomic E-state index is 0. The van der Waals surface area contributed by atoms with Gasteiger partial charge in [0.15, 0.2) is 0 Å². The van der Waals surface area contributed by atoms with Crippen molar-refractivity contribution in [1.29, 1.82) is 0 Å². The highest BCUT2D eigenvalue weighted by Crippen LogP contribution is 2.38. The van der Waals surface area contributed by atoms with E-state index in [1.165, 1.54) is 11.8 Å². The van der Waals surface area contributed by atoms with Crippen LogP contribution in [0.15, 0.2) is 59.5 Å². The molecule has 0 bridgehead atoms. The summed E-state index contributed by atoms with van der Waals surface area (Å²) >= 11 is 7.70. The lowest BCUT2D eigenvalue weighted by molar-refractivity contribution is -0.120. The largest absolute Gasteiger partial charge is 0.355 e. The van der Waals surface area contributed by atoms with Crippen LogP contribution in [0.2, 0.25) is 5.02 Å². The number of benzene rings is 2. The van der Waals surface area contributed by atoms with Crippen molar-refractivity contribution in [2.24, 2.45) is 11.7 Å². The van der Waals surface area contributed by atoms with Gasteiger partial charge in [-0.05, 0) is 30.2 Å². The van der Waals surface area contributed by atoms with E-state index < -0.39 is 0 Å². The van der Waals surface area contributed by atoms with E-state index in [2.05, 4.69) is 5.32 Å². The van der Waals surface area contributed by atoms with Crippen LogP contribution < -0.4 is 11.1 Å². The van der Waals surface area contributed by atoms with Gasteiger partial charge in [0, 0.05) is 11.4 Å². The number of rotatable bonds is 7. The predicted octanol–water partition coefficient (Wildman–Crippen LogP) is 4.31. The quantitative estimate of drug-likeness (QED) is 0.699. The molecule has 6 heteroatoms. The van der Waals surface area contributed by atoms with Crippen LogP contribution in [0.3, 0.4) is 0 Å². The summed E-state index contributed by atoms with van der Waals surface area (Å²) < 4.78 is 0. The van der Waals surface area contributed by atoms with Crippen LogP contribution in [-0.2, 0) is 4.79 Å². The summed E-state index contributed by atoms with van der Waals surface area (Å²) in [6.07, 6.45) is 0. The van der Waals surface area contributed by atoms with Crippen LogP contribution >= 0.6 is 35.8 Å². The second-order valence-corrected chi connectivity index (χ2v) is 6.98. The summed E-state index contributed by atoms with van der Waals surface area (Å²) in [4.78, 5) is 13.6. The minimum Gasteiger partial charge on any atom is -0.355 e. The van der Waals surface area contributed by atoms with Gasteiger partial charge in [0.2, 0.25) is 5.91 Å². The molecule has 3 nitrogen and oxygen atoms in total. The molecule has 0 spiro atoms. The van der Waals surface area contributed by atoms with Crippen LogP contribution in [-0.4, -0.2) is 19.0 Å². The minimum atomic E-state index is -0.346. The molecule has 0 fully saturated rings. The standard InChI is InChI=1S/C18H21ClN2OS.ClH/c1-13(11-20)12-21-18(22)17(14-7-3-2-4-8-14)23-16-10-6-5-9-15(16)19;/h2-10,13,17H,11-12,20H2,1H3,(H,21,22);1H. The zero-order valence-corrected chi connectivity index (χ0v) is 15.8. The maximum Gasteiger partial charge on any atom is 0.238 e. The van der Waals surface area contributed by atoms with Crippen LogP contribution in [0.1, 0.15) is 17.7 Å². The van der Waals surface area contributed by atoms with Crippen molar-refractivity contribution >= 4 is 41.7 Å². The molecule has 2 unspecified atom stereocenters. The molecule has 24 heavy (non-hydrogen) atoms. The van der Waals surface area contributed by atoms with E-state index in [0.29, 0.717) is 18.1 Å². The zero-order chi connectivity index (χ0) is 16.7. The fourth-order valence-corrected chi connectivity index (χ4v) is 3.36. The smallest absolute Gasteiger partial charge is 0.238 e. The van der Waals surface area contributed by atoms with E-state index in [1.807, 2.05) is 61.5 Å². The second-order valence-electron chi connectivity index (χ2n) is 5.43.